The summed E-state index contributed by atoms with van der Waals surface area (Å²) in [5.74, 6) is -0.877. The van der Waals surface area contributed by atoms with Gasteiger partial charge in [-0.1, -0.05) is 25.1 Å². The van der Waals surface area contributed by atoms with E-state index in [1.807, 2.05) is 0 Å². The number of benzene rings is 2. The van der Waals surface area contributed by atoms with Crippen LogP contribution in [-0.4, -0.2) is 36.0 Å². The van der Waals surface area contributed by atoms with Crippen LogP contribution in [0.2, 0.25) is 0 Å². The van der Waals surface area contributed by atoms with Gasteiger partial charge in [-0.2, -0.15) is 18.3 Å². The van der Waals surface area contributed by atoms with Crippen LogP contribution in [-0.2, 0) is 23.8 Å². The molecular formula is C24H21F4N7O3S. The number of ether oxygens (including phenoxy) is 1. The summed E-state index contributed by atoms with van der Waals surface area (Å²) < 4.78 is 72.5. The van der Waals surface area contributed by atoms with Crippen molar-refractivity contribution in [3.05, 3.63) is 77.5 Å². The predicted molar refractivity (Wildman–Crippen MR) is 136 cm³/mol. The van der Waals surface area contributed by atoms with Crippen molar-refractivity contribution >= 4 is 34.2 Å². The molecule has 0 aliphatic rings. The van der Waals surface area contributed by atoms with Gasteiger partial charge in [0.1, 0.15) is 40.5 Å². The zero-order valence-corrected chi connectivity index (χ0v) is 21.0. The van der Waals surface area contributed by atoms with E-state index in [0.29, 0.717) is 28.8 Å². The SMILES string of the molecule is CCS(=O)Nc1ccc(-c2[nH]nc(Nc3cnc(C(F)(F)F)cn3)c2C(N)=O)cc1OCc1ccc(F)cc1. The van der Waals surface area contributed by atoms with E-state index in [4.69, 9.17) is 10.5 Å². The first-order chi connectivity index (χ1) is 18.5. The maximum absolute atomic E-state index is 13.3. The minimum atomic E-state index is -4.66. The Kier molecular flexibility index (Phi) is 8.09. The molecule has 1 atom stereocenters. The molecule has 15 heteroatoms. The molecule has 204 valence electrons. The van der Waals surface area contributed by atoms with Gasteiger partial charge < -0.3 is 20.5 Å². The van der Waals surface area contributed by atoms with E-state index in [0.717, 1.165) is 6.20 Å². The number of carbonyl (C=O) groups excluding carboxylic acids is 1. The average Bonchev–Trinajstić information content (AvgIpc) is 3.32. The lowest BCUT2D eigenvalue weighted by molar-refractivity contribution is -0.141. The van der Waals surface area contributed by atoms with E-state index < -0.39 is 34.6 Å². The van der Waals surface area contributed by atoms with E-state index in [1.165, 1.54) is 12.1 Å². The fraction of sp³-hybridized carbons (Fsp3) is 0.167. The van der Waals surface area contributed by atoms with Crippen LogP contribution in [0.15, 0.2) is 54.9 Å². The lowest BCUT2D eigenvalue weighted by Gasteiger charge is -2.14. The number of hydrogen-bond donors (Lipinski definition) is 4. The molecule has 4 aromatic rings. The Labute approximate surface area is 221 Å². The fourth-order valence-electron chi connectivity index (χ4n) is 3.36. The van der Waals surface area contributed by atoms with Crippen molar-refractivity contribution in [1.82, 2.24) is 20.2 Å². The monoisotopic (exact) mass is 563 g/mol. The van der Waals surface area contributed by atoms with E-state index in [2.05, 4.69) is 30.2 Å². The number of nitrogens with one attached hydrogen (secondary N) is 3. The smallest absolute Gasteiger partial charge is 0.434 e. The number of primary amides is 1. The molecule has 0 radical (unpaired) electrons. The maximum Gasteiger partial charge on any atom is 0.434 e. The molecule has 1 unspecified atom stereocenters. The molecule has 4 rings (SSSR count). The summed E-state index contributed by atoms with van der Waals surface area (Å²) in [6.45, 7) is 1.79. The number of hydrogen-bond acceptors (Lipinski definition) is 7. The molecule has 10 nitrogen and oxygen atoms in total. The molecule has 0 saturated heterocycles. The highest BCUT2D eigenvalue weighted by molar-refractivity contribution is 7.86. The largest absolute Gasteiger partial charge is 0.487 e. The Balaban J connectivity index is 1.66. The maximum atomic E-state index is 13.3. The first-order valence-corrected chi connectivity index (χ1v) is 12.6. The number of H-pyrrole nitrogens is 1. The van der Waals surface area contributed by atoms with Crippen LogP contribution in [0.4, 0.5) is 34.9 Å². The average molecular weight is 564 g/mol. The van der Waals surface area contributed by atoms with Crippen LogP contribution >= 0.6 is 0 Å². The van der Waals surface area contributed by atoms with E-state index in [1.54, 1.807) is 37.3 Å². The molecule has 2 aromatic heterocycles. The highest BCUT2D eigenvalue weighted by atomic mass is 32.2. The molecular weight excluding hydrogens is 542 g/mol. The third-order valence-electron chi connectivity index (χ3n) is 5.27. The van der Waals surface area contributed by atoms with Crippen molar-refractivity contribution in [2.45, 2.75) is 19.7 Å². The minimum absolute atomic E-state index is 0.0578. The summed E-state index contributed by atoms with van der Waals surface area (Å²) in [5, 5.41) is 9.35. The Hall–Kier alpha value is -4.53. The summed E-state index contributed by atoms with van der Waals surface area (Å²) >= 11 is 0. The summed E-state index contributed by atoms with van der Waals surface area (Å²) in [7, 11) is -1.40. The standard InChI is InChI=1S/C24H21F4N7O3S/c1-2-39(37)35-16-8-5-14(9-17(16)38-12-13-3-6-15(25)7-4-13)21-20(22(29)36)23(34-33-21)32-19-11-30-18(10-31-19)24(26,27)28/h3-11,35H,2,12H2,1H3,(H2,29,36)(H2,31,32,33,34). The second-order valence-electron chi connectivity index (χ2n) is 7.96. The number of alkyl halides is 3. The minimum Gasteiger partial charge on any atom is -0.487 e. The Morgan fingerprint density at radius 3 is 2.49 bits per heavy atom. The summed E-state index contributed by atoms with van der Waals surface area (Å²) in [6, 6.07) is 10.4. The van der Waals surface area contributed by atoms with Crippen molar-refractivity contribution < 1.29 is 31.3 Å². The van der Waals surface area contributed by atoms with Crippen molar-refractivity contribution in [2.75, 3.05) is 15.8 Å². The Morgan fingerprint density at radius 2 is 1.87 bits per heavy atom. The molecule has 0 fully saturated rings. The predicted octanol–water partition coefficient (Wildman–Crippen LogP) is 4.54. The van der Waals surface area contributed by atoms with Gasteiger partial charge >= 0.3 is 6.18 Å². The van der Waals surface area contributed by atoms with Crippen molar-refractivity contribution in [1.29, 1.82) is 0 Å². The zero-order valence-electron chi connectivity index (χ0n) is 20.2. The number of carbonyl (C=O) groups is 1. The first kappa shape index (κ1) is 27.5. The molecule has 2 aromatic carbocycles. The van der Waals surface area contributed by atoms with E-state index in [-0.39, 0.29) is 35.2 Å². The van der Waals surface area contributed by atoms with Gasteiger partial charge in [0.25, 0.3) is 5.91 Å². The zero-order chi connectivity index (χ0) is 28.2. The first-order valence-electron chi connectivity index (χ1n) is 11.3. The van der Waals surface area contributed by atoms with Gasteiger partial charge in [0.15, 0.2) is 11.5 Å². The molecule has 0 aliphatic carbocycles. The van der Waals surface area contributed by atoms with Crippen LogP contribution in [0.3, 0.4) is 0 Å². The van der Waals surface area contributed by atoms with Gasteiger partial charge in [0, 0.05) is 11.3 Å². The number of aromatic amines is 1. The van der Waals surface area contributed by atoms with Gasteiger partial charge in [-0.25, -0.2) is 18.6 Å². The second-order valence-corrected chi connectivity index (χ2v) is 9.43. The highest BCUT2D eigenvalue weighted by Crippen LogP contribution is 2.35. The van der Waals surface area contributed by atoms with Crippen molar-refractivity contribution in [3.8, 4) is 17.0 Å². The second kappa shape index (κ2) is 11.5. The van der Waals surface area contributed by atoms with Crippen molar-refractivity contribution in [2.24, 2.45) is 5.73 Å². The lowest BCUT2D eigenvalue weighted by atomic mass is 10.1. The lowest BCUT2D eigenvalue weighted by Crippen LogP contribution is -2.14. The number of anilines is 3. The van der Waals surface area contributed by atoms with Gasteiger partial charge in [0.2, 0.25) is 0 Å². The van der Waals surface area contributed by atoms with Gasteiger partial charge in [-0.15, -0.1) is 0 Å². The molecule has 5 N–H and O–H groups in total. The molecule has 0 bridgehead atoms. The normalized spacial score (nSPS) is 12.1. The summed E-state index contributed by atoms with van der Waals surface area (Å²) in [6.07, 6.45) is -3.28. The van der Waals surface area contributed by atoms with E-state index >= 15 is 0 Å². The topological polar surface area (TPSA) is 148 Å². The Bertz CT molecular complexity index is 1490. The van der Waals surface area contributed by atoms with Crippen LogP contribution in [0.5, 0.6) is 5.75 Å². The third-order valence-corrected chi connectivity index (χ3v) is 6.24. The molecule has 1 amide bonds. The van der Waals surface area contributed by atoms with Crippen LogP contribution < -0.4 is 20.5 Å². The molecule has 0 spiro atoms. The number of aromatic nitrogens is 4. The van der Waals surface area contributed by atoms with Crippen LogP contribution in [0, 0.1) is 5.82 Å². The van der Waals surface area contributed by atoms with Crippen LogP contribution in [0.25, 0.3) is 11.3 Å². The van der Waals surface area contributed by atoms with Gasteiger partial charge in [-0.3, -0.25) is 9.89 Å². The van der Waals surface area contributed by atoms with Gasteiger partial charge in [-0.05, 0) is 29.8 Å². The van der Waals surface area contributed by atoms with Gasteiger partial charge in [0.05, 0.1) is 23.8 Å². The molecule has 0 aliphatic heterocycles. The molecule has 0 saturated carbocycles. The van der Waals surface area contributed by atoms with E-state index in [9.17, 15) is 26.6 Å². The highest BCUT2D eigenvalue weighted by Gasteiger charge is 2.33. The third kappa shape index (κ3) is 6.67. The van der Waals surface area contributed by atoms with Crippen LogP contribution in [0.1, 0.15) is 28.5 Å². The Morgan fingerprint density at radius 1 is 1.13 bits per heavy atom. The number of nitrogens with zero attached hydrogens (tertiary/aromatic N) is 3. The number of rotatable bonds is 10. The van der Waals surface area contributed by atoms with Crippen molar-refractivity contribution in [3.63, 3.8) is 0 Å². The fourth-order valence-corrected chi connectivity index (χ4v) is 3.92. The number of amides is 1. The molecule has 39 heavy (non-hydrogen) atoms. The molecule has 2 heterocycles. The number of halogens is 4. The quantitative estimate of drug-likeness (QED) is 0.207. The summed E-state index contributed by atoms with van der Waals surface area (Å²) in [4.78, 5) is 19.3. The number of nitrogens with two attached hydrogens (primary N) is 1. The summed E-state index contributed by atoms with van der Waals surface area (Å²) in [5.41, 5.74) is 5.97.